The SMILES string of the molecule is N#Cc1cnc(NCCCN2CCOCC2)nc1-c1c[nH]c2ncc(C(F)(F)F)cc12. The Bertz CT molecular complexity index is 1100. The molecule has 1 aliphatic heterocycles. The van der Waals surface area contributed by atoms with Crippen molar-refractivity contribution in [2.45, 2.75) is 12.6 Å². The van der Waals surface area contributed by atoms with Gasteiger partial charge in [0, 0.05) is 43.0 Å². The van der Waals surface area contributed by atoms with E-state index < -0.39 is 11.7 Å². The van der Waals surface area contributed by atoms with Gasteiger partial charge in [0.1, 0.15) is 11.7 Å². The lowest BCUT2D eigenvalue weighted by Crippen LogP contribution is -2.37. The first-order valence-electron chi connectivity index (χ1n) is 9.81. The maximum absolute atomic E-state index is 13.1. The summed E-state index contributed by atoms with van der Waals surface area (Å²) in [6, 6.07) is 3.01. The highest BCUT2D eigenvalue weighted by Crippen LogP contribution is 2.34. The molecule has 0 spiro atoms. The highest BCUT2D eigenvalue weighted by Gasteiger charge is 2.31. The van der Waals surface area contributed by atoms with E-state index >= 15 is 0 Å². The van der Waals surface area contributed by atoms with Gasteiger partial charge >= 0.3 is 6.18 Å². The first-order chi connectivity index (χ1) is 15.0. The van der Waals surface area contributed by atoms with E-state index in [1.165, 1.54) is 12.4 Å². The number of aromatic nitrogens is 4. The number of nitrogens with zero attached hydrogens (tertiary/aromatic N) is 5. The first-order valence-corrected chi connectivity index (χ1v) is 9.81. The second kappa shape index (κ2) is 8.87. The minimum atomic E-state index is -4.52. The van der Waals surface area contributed by atoms with Crippen LogP contribution in [0.5, 0.6) is 0 Å². The molecule has 0 radical (unpaired) electrons. The molecule has 8 nitrogen and oxygen atoms in total. The summed E-state index contributed by atoms with van der Waals surface area (Å²) in [7, 11) is 0. The van der Waals surface area contributed by atoms with Crippen molar-refractivity contribution in [2.75, 3.05) is 44.7 Å². The summed E-state index contributed by atoms with van der Waals surface area (Å²) in [6.45, 7) is 4.83. The van der Waals surface area contributed by atoms with E-state index in [0.29, 0.717) is 18.1 Å². The average molecular weight is 431 g/mol. The Hall–Kier alpha value is -3.23. The number of halogens is 3. The summed E-state index contributed by atoms with van der Waals surface area (Å²) in [5.41, 5.74) is 0.196. The standard InChI is InChI=1S/C20H20F3N7O/c21-20(22,23)14-8-15-16(12-27-18(15)26-11-14)17-13(9-24)10-28-19(29-17)25-2-1-3-30-4-6-31-7-5-30/h8,10-12H,1-7H2,(H,26,27)(H,25,28,29). The highest BCUT2D eigenvalue weighted by atomic mass is 19.4. The highest BCUT2D eigenvalue weighted by molar-refractivity contribution is 5.94. The van der Waals surface area contributed by atoms with Crippen LogP contribution in [0, 0.1) is 11.3 Å². The van der Waals surface area contributed by atoms with Gasteiger partial charge < -0.3 is 15.0 Å². The zero-order chi connectivity index (χ0) is 21.8. The fourth-order valence-corrected chi connectivity index (χ4v) is 3.44. The molecule has 0 saturated carbocycles. The molecule has 0 bridgehead atoms. The summed E-state index contributed by atoms with van der Waals surface area (Å²) in [4.78, 5) is 17.6. The molecule has 3 aromatic heterocycles. The van der Waals surface area contributed by atoms with E-state index in [-0.39, 0.29) is 22.3 Å². The number of anilines is 1. The lowest BCUT2D eigenvalue weighted by molar-refractivity contribution is -0.137. The third-order valence-corrected chi connectivity index (χ3v) is 5.06. The second-order valence-electron chi connectivity index (χ2n) is 7.12. The molecule has 1 aliphatic rings. The Kier molecular flexibility index (Phi) is 6.01. The molecular formula is C20H20F3N7O. The van der Waals surface area contributed by atoms with E-state index in [1.54, 1.807) is 0 Å². The molecule has 4 heterocycles. The number of aromatic amines is 1. The van der Waals surface area contributed by atoms with Gasteiger partial charge in [-0.05, 0) is 19.0 Å². The van der Waals surface area contributed by atoms with Crippen LogP contribution in [0.25, 0.3) is 22.3 Å². The molecule has 1 saturated heterocycles. The quantitative estimate of drug-likeness (QED) is 0.579. The van der Waals surface area contributed by atoms with Crippen LogP contribution < -0.4 is 5.32 Å². The molecule has 2 N–H and O–H groups in total. The minimum absolute atomic E-state index is 0.164. The Balaban J connectivity index is 1.54. The van der Waals surface area contributed by atoms with Crippen LogP contribution >= 0.6 is 0 Å². The largest absolute Gasteiger partial charge is 0.417 e. The predicted molar refractivity (Wildman–Crippen MR) is 107 cm³/mol. The number of rotatable bonds is 6. The van der Waals surface area contributed by atoms with Gasteiger partial charge in [0.15, 0.2) is 0 Å². The summed E-state index contributed by atoms with van der Waals surface area (Å²) in [6.07, 6.45) is -0.0116. The molecule has 0 atom stereocenters. The van der Waals surface area contributed by atoms with Gasteiger partial charge in [-0.25, -0.2) is 15.0 Å². The monoisotopic (exact) mass is 431 g/mol. The maximum Gasteiger partial charge on any atom is 0.417 e. The molecular weight excluding hydrogens is 411 g/mol. The van der Waals surface area contributed by atoms with Gasteiger partial charge in [-0.15, -0.1) is 0 Å². The van der Waals surface area contributed by atoms with Crippen molar-refractivity contribution in [3.63, 3.8) is 0 Å². The van der Waals surface area contributed by atoms with Crippen LogP contribution in [-0.2, 0) is 10.9 Å². The van der Waals surface area contributed by atoms with Crippen molar-refractivity contribution >= 4 is 17.0 Å². The molecule has 162 valence electrons. The summed E-state index contributed by atoms with van der Waals surface area (Å²) in [5, 5.41) is 12.8. The topological polar surface area (TPSA) is 103 Å². The van der Waals surface area contributed by atoms with Crippen molar-refractivity contribution in [3.05, 3.63) is 35.8 Å². The van der Waals surface area contributed by atoms with Crippen molar-refractivity contribution in [1.29, 1.82) is 5.26 Å². The molecule has 0 unspecified atom stereocenters. The Labute approximate surface area is 176 Å². The van der Waals surface area contributed by atoms with Crippen LogP contribution in [0.4, 0.5) is 19.1 Å². The van der Waals surface area contributed by atoms with Gasteiger partial charge in [0.05, 0.1) is 36.2 Å². The Morgan fingerprint density at radius 3 is 2.77 bits per heavy atom. The Morgan fingerprint density at radius 2 is 2.03 bits per heavy atom. The molecule has 3 aromatic rings. The third kappa shape index (κ3) is 4.76. The average Bonchev–Trinajstić information content (AvgIpc) is 3.20. The van der Waals surface area contributed by atoms with Gasteiger partial charge in [-0.2, -0.15) is 18.4 Å². The van der Waals surface area contributed by atoms with Gasteiger partial charge in [-0.3, -0.25) is 4.90 Å². The molecule has 1 fully saturated rings. The number of nitrogens with one attached hydrogen (secondary N) is 2. The number of fused-ring (bicyclic) bond motifs is 1. The number of ether oxygens (including phenoxy) is 1. The molecule has 0 aliphatic carbocycles. The first kappa shape index (κ1) is 21.0. The summed E-state index contributed by atoms with van der Waals surface area (Å²) >= 11 is 0. The van der Waals surface area contributed by atoms with E-state index in [4.69, 9.17) is 4.74 Å². The fourth-order valence-electron chi connectivity index (χ4n) is 3.44. The van der Waals surface area contributed by atoms with E-state index in [2.05, 4.69) is 30.2 Å². The summed E-state index contributed by atoms with van der Waals surface area (Å²) < 4.78 is 44.7. The number of hydrogen-bond donors (Lipinski definition) is 2. The molecule has 31 heavy (non-hydrogen) atoms. The lowest BCUT2D eigenvalue weighted by atomic mass is 10.1. The molecule has 4 rings (SSSR count). The number of alkyl halides is 3. The molecule has 0 amide bonds. The van der Waals surface area contributed by atoms with Gasteiger partial charge in [-0.1, -0.05) is 0 Å². The smallest absolute Gasteiger partial charge is 0.379 e. The van der Waals surface area contributed by atoms with Crippen LogP contribution in [0.1, 0.15) is 17.5 Å². The lowest BCUT2D eigenvalue weighted by Gasteiger charge is -2.26. The van der Waals surface area contributed by atoms with Crippen LogP contribution in [-0.4, -0.2) is 64.2 Å². The number of hydrogen-bond acceptors (Lipinski definition) is 7. The zero-order valence-electron chi connectivity index (χ0n) is 16.5. The van der Waals surface area contributed by atoms with Gasteiger partial charge in [0.2, 0.25) is 5.95 Å². The minimum Gasteiger partial charge on any atom is -0.379 e. The van der Waals surface area contributed by atoms with Gasteiger partial charge in [0.25, 0.3) is 0 Å². The number of H-pyrrole nitrogens is 1. The van der Waals surface area contributed by atoms with Crippen LogP contribution in [0.15, 0.2) is 24.7 Å². The fraction of sp³-hybridized carbons (Fsp3) is 0.400. The Morgan fingerprint density at radius 1 is 1.23 bits per heavy atom. The van der Waals surface area contributed by atoms with Crippen LogP contribution in [0.2, 0.25) is 0 Å². The zero-order valence-corrected chi connectivity index (χ0v) is 16.5. The van der Waals surface area contributed by atoms with Crippen LogP contribution in [0.3, 0.4) is 0 Å². The van der Waals surface area contributed by atoms with Crippen molar-refractivity contribution < 1.29 is 17.9 Å². The number of nitriles is 1. The molecule has 11 heteroatoms. The predicted octanol–water partition coefficient (Wildman–Crippen LogP) is 3.04. The maximum atomic E-state index is 13.1. The van der Waals surface area contributed by atoms with Crippen molar-refractivity contribution in [3.8, 4) is 17.3 Å². The summed E-state index contributed by atoms with van der Waals surface area (Å²) in [5.74, 6) is 0.310. The van der Waals surface area contributed by atoms with Crippen molar-refractivity contribution in [2.24, 2.45) is 0 Å². The normalized spacial score (nSPS) is 15.2. The second-order valence-corrected chi connectivity index (χ2v) is 7.12. The van der Waals surface area contributed by atoms with E-state index in [9.17, 15) is 18.4 Å². The third-order valence-electron chi connectivity index (χ3n) is 5.06. The van der Waals surface area contributed by atoms with Crippen molar-refractivity contribution in [1.82, 2.24) is 24.8 Å². The number of pyridine rings is 1. The number of morpholine rings is 1. The van der Waals surface area contributed by atoms with E-state index in [0.717, 1.165) is 51.5 Å². The van der Waals surface area contributed by atoms with E-state index in [1.807, 2.05) is 6.07 Å². The molecule has 0 aromatic carbocycles.